The molecule has 0 N–H and O–H groups in total. The SMILES string of the molecule is [C-]#[N+]c1ccc2c(c1)c1cc(-c3nc(-c4cccc5ccccc45)nc(-c4cccc5ccccc45)n3)ccc1n2-c1ccc2c(c1)C(C)(C)c1ccccc1-2. The van der Waals surface area contributed by atoms with Crippen LogP contribution in [0.4, 0.5) is 5.69 Å². The summed E-state index contributed by atoms with van der Waals surface area (Å²) in [7, 11) is 0. The maximum Gasteiger partial charge on any atom is 0.188 e. The predicted octanol–water partition coefficient (Wildman–Crippen LogP) is 13.1. The van der Waals surface area contributed by atoms with Crippen molar-refractivity contribution in [1.29, 1.82) is 0 Å². The molecule has 0 bridgehead atoms. The molecule has 1 aliphatic carbocycles. The van der Waals surface area contributed by atoms with Crippen LogP contribution in [0, 0.1) is 6.57 Å². The van der Waals surface area contributed by atoms with Crippen LogP contribution in [0.5, 0.6) is 0 Å². The van der Waals surface area contributed by atoms with Crippen LogP contribution in [-0.4, -0.2) is 19.5 Å². The second-order valence-electron chi connectivity index (χ2n) is 15.1. The lowest BCUT2D eigenvalue weighted by molar-refractivity contribution is 0.660. The molecular formula is C51H33N5. The van der Waals surface area contributed by atoms with Gasteiger partial charge in [0.15, 0.2) is 23.2 Å². The predicted molar refractivity (Wildman–Crippen MR) is 229 cm³/mol. The highest BCUT2D eigenvalue weighted by Crippen LogP contribution is 2.49. The van der Waals surface area contributed by atoms with Gasteiger partial charge in [-0.25, -0.2) is 19.8 Å². The monoisotopic (exact) mass is 715 g/mol. The lowest BCUT2D eigenvalue weighted by atomic mass is 9.82. The zero-order valence-corrected chi connectivity index (χ0v) is 30.8. The molecule has 0 atom stereocenters. The lowest BCUT2D eigenvalue weighted by Gasteiger charge is -2.22. The van der Waals surface area contributed by atoms with Gasteiger partial charge in [0.1, 0.15) is 0 Å². The average Bonchev–Trinajstić information content (AvgIpc) is 3.70. The van der Waals surface area contributed by atoms with Crippen molar-refractivity contribution in [2.45, 2.75) is 19.3 Å². The van der Waals surface area contributed by atoms with Gasteiger partial charge in [-0.15, -0.1) is 0 Å². The van der Waals surface area contributed by atoms with Gasteiger partial charge in [0.25, 0.3) is 0 Å². The van der Waals surface area contributed by atoms with Crippen molar-refractivity contribution in [2.24, 2.45) is 0 Å². The Bertz CT molecular complexity index is 3200. The van der Waals surface area contributed by atoms with Crippen molar-refractivity contribution >= 4 is 49.0 Å². The molecule has 0 saturated heterocycles. The van der Waals surface area contributed by atoms with Crippen molar-refractivity contribution in [3.8, 4) is 51.0 Å². The molecule has 5 nitrogen and oxygen atoms in total. The van der Waals surface area contributed by atoms with Gasteiger partial charge in [0.05, 0.1) is 17.6 Å². The van der Waals surface area contributed by atoms with Gasteiger partial charge in [-0.2, -0.15) is 0 Å². The van der Waals surface area contributed by atoms with Crippen molar-refractivity contribution in [2.75, 3.05) is 0 Å². The standard InChI is InChI=1S/C51H33N5/c1-51(2)44-21-9-8-18-38(44)39-25-24-35(30-45(39)51)56-46-26-22-33(28-42(46)43-29-34(52-3)23-27-47(43)56)48-53-49(40-19-10-14-31-12-4-6-16-36(31)40)55-50(54-48)41-20-11-15-32-13-5-7-17-37(32)41/h4-30H,1-2H3. The number of nitrogens with zero attached hydrogens (tertiary/aromatic N) is 5. The first kappa shape index (κ1) is 32.0. The van der Waals surface area contributed by atoms with Crippen LogP contribution in [0.15, 0.2) is 164 Å². The Kier molecular flexibility index (Phi) is 6.89. The molecule has 0 unspecified atom stereocenters. The average molecular weight is 716 g/mol. The molecule has 1 aliphatic rings. The first-order valence-corrected chi connectivity index (χ1v) is 18.9. The largest absolute Gasteiger partial charge is 0.309 e. The van der Waals surface area contributed by atoms with Gasteiger partial charge in [-0.3, -0.25) is 0 Å². The van der Waals surface area contributed by atoms with E-state index in [4.69, 9.17) is 21.5 Å². The van der Waals surface area contributed by atoms with Crippen LogP contribution >= 0.6 is 0 Å². The van der Waals surface area contributed by atoms with Gasteiger partial charge in [0, 0.05) is 33.2 Å². The highest BCUT2D eigenvalue weighted by molar-refractivity contribution is 6.11. The van der Waals surface area contributed by atoms with Gasteiger partial charge in [-0.1, -0.05) is 135 Å². The van der Waals surface area contributed by atoms with E-state index < -0.39 is 0 Å². The van der Waals surface area contributed by atoms with E-state index in [0.29, 0.717) is 23.2 Å². The van der Waals surface area contributed by atoms with Crippen molar-refractivity contribution in [3.63, 3.8) is 0 Å². The molecule has 0 aliphatic heterocycles. The van der Waals surface area contributed by atoms with Crippen molar-refractivity contribution in [1.82, 2.24) is 19.5 Å². The van der Waals surface area contributed by atoms with Gasteiger partial charge < -0.3 is 4.57 Å². The van der Waals surface area contributed by atoms with Crippen LogP contribution in [-0.2, 0) is 5.41 Å². The highest BCUT2D eigenvalue weighted by atomic mass is 15.0. The van der Waals surface area contributed by atoms with E-state index in [9.17, 15) is 0 Å². The summed E-state index contributed by atoms with van der Waals surface area (Å²) in [5.74, 6) is 1.83. The molecule has 0 saturated carbocycles. The molecule has 0 spiro atoms. The maximum atomic E-state index is 7.88. The molecule has 10 aromatic rings. The normalized spacial score (nSPS) is 12.9. The van der Waals surface area contributed by atoms with Crippen LogP contribution in [0.1, 0.15) is 25.0 Å². The van der Waals surface area contributed by atoms with Crippen molar-refractivity contribution < 1.29 is 0 Å². The Morgan fingerprint density at radius 3 is 1.71 bits per heavy atom. The summed E-state index contributed by atoms with van der Waals surface area (Å²) in [5, 5.41) is 6.47. The minimum absolute atomic E-state index is 0.132. The second kappa shape index (κ2) is 12.0. The third kappa shape index (κ3) is 4.76. The molecular weight excluding hydrogens is 683 g/mol. The van der Waals surface area contributed by atoms with E-state index in [1.54, 1.807) is 0 Å². The van der Waals surface area contributed by atoms with Crippen molar-refractivity contribution in [3.05, 3.63) is 186 Å². The zero-order valence-electron chi connectivity index (χ0n) is 30.8. The number of fused-ring (bicyclic) bond motifs is 8. The Morgan fingerprint density at radius 1 is 0.464 bits per heavy atom. The summed E-state index contributed by atoms with van der Waals surface area (Å²) in [4.78, 5) is 19.4. The summed E-state index contributed by atoms with van der Waals surface area (Å²) >= 11 is 0. The molecule has 56 heavy (non-hydrogen) atoms. The van der Waals surface area contributed by atoms with E-state index >= 15 is 0 Å². The molecule has 0 fully saturated rings. The smallest absolute Gasteiger partial charge is 0.188 e. The zero-order chi connectivity index (χ0) is 37.5. The first-order chi connectivity index (χ1) is 27.5. The van der Waals surface area contributed by atoms with E-state index in [1.165, 1.54) is 22.3 Å². The fourth-order valence-electron chi connectivity index (χ4n) is 8.92. The number of benzene rings is 8. The summed E-state index contributed by atoms with van der Waals surface area (Å²) in [6.45, 7) is 12.5. The van der Waals surface area contributed by atoms with Crippen LogP contribution in [0.2, 0.25) is 0 Å². The summed E-state index contributed by atoms with van der Waals surface area (Å²) in [6, 6.07) is 57.3. The third-order valence-electron chi connectivity index (χ3n) is 11.7. The van der Waals surface area contributed by atoms with E-state index in [0.717, 1.165) is 65.7 Å². The quantitative estimate of drug-likeness (QED) is 0.170. The molecule has 0 radical (unpaired) electrons. The minimum Gasteiger partial charge on any atom is -0.309 e. The van der Waals surface area contributed by atoms with Gasteiger partial charge in [-0.05, 0) is 91.6 Å². The van der Waals surface area contributed by atoms with E-state index in [2.05, 4.69) is 175 Å². The fraction of sp³-hybridized carbons (Fsp3) is 0.0588. The maximum absolute atomic E-state index is 7.88. The van der Waals surface area contributed by atoms with Crippen LogP contribution < -0.4 is 0 Å². The molecule has 5 heteroatoms. The summed E-state index contributed by atoms with van der Waals surface area (Å²) < 4.78 is 2.33. The molecule has 2 heterocycles. The molecule has 11 rings (SSSR count). The summed E-state index contributed by atoms with van der Waals surface area (Å²) in [5.41, 5.74) is 11.7. The summed E-state index contributed by atoms with van der Waals surface area (Å²) in [6.07, 6.45) is 0. The number of aromatic nitrogens is 4. The van der Waals surface area contributed by atoms with Gasteiger partial charge >= 0.3 is 0 Å². The molecule has 8 aromatic carbocycles. The second-order valence-corrected chi connectivity index (χ2v) is 15.1. The number of hydrogen-bond donors (Lipinski definition) is 0. The Labute approximate surface area is 324 Å². The fourth-order valence-corrected chi connectivity index (χ4v) is 8.92. The van der Waals surface area contributed by atoms with Crippen LogP contribution in [0.25, 0.3) is 99.2 Å². The Morgan fingerprint density at radius 2 is 1.02 bits per heavy atom. The Balaban J connectivity index is 1.14. The topological polar surface area (TPSA) is 48.0 Å². The van der Waals surface area contributed by atoms with Gasteiger partial charge in [0.2, 0.25) is 0 Å². The lowest BCUT2D eigenvalue weighted by Crippen LogP contribution is -2.15. The van der Waals surface area contributed by atoms with E-state index in [1.807, 2.05) is 12.1 Å². The highest BCUT2D eigenvalue weighted by Gasteiger charge is 2.35. The van der Waals surface area contributed by atoms with Crippen LogP contribution in [0.3, 0.4) is 0 Å². The van der Waals surface area contributed by atoms with E-state index in [-0.39, 0.29) is 5.41 Å². The molecule has 0 amide bonds. The molecule has 2 aromatic heterocycles. The third-order valence-corrected chi connectivity index (χ3v) is 11.7. The number of rotatable bonds is 4. The number of hydrogen-bond acceptors (Lipinski definition) is 3. The molecule has 262 valence electrons. The Hall–Kier alpha value is -7.42. The minimum atomic E-state index is -0.132. The first-order valence-electron chi connectivity index (χ1n) is 18.9.